The van der Waals surface area contributed by atoms with Gasteiger partial charge in [0.05, 0.1) is 12.2 Å². The molecule has 0 unspecified atom stereocenters. The van der Waals surface area contributed by atoms with E-state index in [-0.39, 0.29) is 0 Å². The van der Waals surface area contributed by atoms with Gasteiger partial charge in [-0.2, -0.15) is 0 Å². The van der Waals surface area contributed by atoms with E-state index >= 15 is 0 Å². The third kappa shape index (κ3) is 2.90. The third-order valence-corrected chi connectivity index (χ3v) is 2.74. The van der Waals surface area contributed by atoms with Gasteiger partial charge in [0, 0.05) is 23.7 Å². The van der Waals surface area contributed by atoms with Crippen LogP contribution in [0.4, 0.5) is 5.69 Å². The summed E-state index contributed by atoms with van der Waals surface area (Å²) in [4.78, 5) is 4.29. The summed E-state index contributed by atoms with van der Waals surface area (Å²) in [6.45, 7) is 3.96. The van der Waals surface area contributed by atoms with Crippen molar-refractivity contribution >= 4 is 16.6 Å². The quantitative estimate of drug-likeness (QED) is 0.813. The Morgan fingerprint density at radius 2 is 2.11 bits per heavy atom. The van der Waals surface area contributed by atoms with E-state index in [1.165, 1.54) is 0 Å². The lowest BCUT2D eigenvalue weighted by Gasteiger charge is -2.17. The van der Waals surface area contributed by atoms with E-state index in [0.717, 1.165) is 10.9 Å². The van der Waals surface area contributed by atoms with Crippen molar-refractivity contribution in [2.24, 2.45) is 0 Å². The van der Waals surface area contributed by atoms with Crippen LogP contribution in [0, 0.1) is 0 Å². The Hall–Kier alpha value is -1.81. The summed E-state index contributed by atoms with van der Waals surface area (Å²) in [7, 11) is 0. The van der Waals surface area contributed by atoms with Gasteiger partial charge >= 0.3 is 0 Å². The van der Waals surface area contributed by atoms with Crippen molar-refractivity contribution in [2.45, 2.75) is 25.9 Å². The molecule has 0 saturated heterocycles. The number of nitrogen functional groups attached to an aromatic ring is 1. The van der Waals surface area contributed by atoms with Gasteiger partial charge in [-0.05, 0) is 38.1 Å². The number of rotatable bonds is 4. The van der Waals surface area contributed by atoms with E-state index in [0.29, 0.717) is 24.5 Å². The monoisotopic (exact) mass is 246 g/mol. The summed E-state index contributed by atoms with van der Waals surface area (Å²) in [5.41, 5.74) is 6.61. The Labute approximate surface area is 106 Å². The van der Waals surface area contributed by atoms with E-state index in [4.69, 9.17) is 10.5 Å². The van der Waals surface area contributed by atoms with Crippen molar-refractivity contribution in [3.8, 4) is 5.75 Å². The van der Waals surface area contributed by atoms with E-state index in [1.807, 2.05) is 24.3 Å². The van der Waals surface area contributed by atoms with Gasteiger partial charge in [0.1, 0.15) is 11.3 Å². The molecular weight excluding hydrogens is 228 g/mol. The lowest BCUT2D eigenvalue weighted by Crippen LogP contribution is -2.21. The molecule has 0 fully saturated rings. The Morgan fingerprint density at radius 1 is 1.33 bits per heavy atom. The predicted octanol–water partition coefficient (Wildman–Crippen LogP) is 2.36. The number of hydrogen-bond acceptors (Lipinski definition) is 4. The van der Waals surface area contributed by atoms with E-state index in [2.05, 4.69) is 4.98 Å². The number of nitrogens with zero attached hydrogens (tertiary/aromatic N) is 1. The lowest BCUT2D eigenvalue weighted by molar-refractivity contribution is 0.0555. The summed E-state index contributed by atoms with van der Waals surface area (Å²) in [5.74, 6) is 0.698. The minimum Gasteiger partial charge on any atom is -0.491 e. The Morgan fingerprint density at radius 3 is 2.83 bits per heavy atom. The van der Waals surface area contributed by atoms with Crippen molar-refractivity contribution in [3.05, 3.63) is 30.5 Å². The summed E-state index contributed by atoms with van der Waals surface area (Å²) >= 11 is 0. The molecule has 0 atom stereocenters. The predicted molar refractivity (Wildman–Crippen MR) is 72.6 cm³/mol. The van der Waals surface area contributed by atoms with Crippen LogP contribution < -0.4 is 10.5 Å². The molecule has 2 rings (SSSR count). The van der Waals surface area contributed by atoms with Gasteiger partial charge in [-0.25, -0.2) is 0 Å². The van der Waals surface area contributed by atoms with Crippen LogP contribution in [-0.2, 0) is 0 Å². The van der Waals surface area contributed by atoms with Gasteiger partial charge in [0.15, 0.2) is 0 Å². The molecule has 1 aromatic heterocycles. The van der Waals surface area contributed by atoms with Gasteiger partial charge in [-0.15, -0.1) is 0 Å². The second-order valence-electron chi connectivity index (χ2n) is 4.96. The van der Waals surface area contributed by atoms with Crippen molar-refractivity contribution in [1.82, 2.24) is 4.98 Å². The number of ether oxygens (including phenoxy) is 1. The molecule has 96 valence electrons. The Kier molecular flexibility index (Phi) is 3.39. The Bertz CT molecular complexity index is 547. The van der Waals surface area contributed by atoms with Crippen LogP contribution >= 0.6 is 0 Å². The van der Waals surface area contributed by atoms with Crippen LogP contribution in [0.2, 0.25) is 0 Å². The van der Waals surface area contributed by atoms with Crippen LogP contribution in [0.1, 0.15) is 20.3 Å². The van der Waals surface area contributed by atoms with Crippen molar-refractivity contribution in [2.75, 3.05) is 12.3 Å². The van der Waals surface area contributed by atoms with Gasteiger partial charge < -0.3 is 15.6 Å². The number of aromatic nitrogens is 1. The molecule has 3 N–H and O–H groups in total. The van der Waals surface area contributed by atoms with Gasteiger partial charge in [0.25, 0.3) is 0 Å². The van der Waals surface area contributed by atoms with E-state index in [1.54, 1.807) is 20.0 Å². The molecule has 0 aliphatic heterocycles. The zero-order valence-electron chi connectivity index (χ0n) is 10.7. The number of fused-ring (bicyclic) bond motifs is 1. The maximum Gasteiger partial charge on any atom is 0.145 e. The SMILES string of the molecule is CC(C)(O)CCOc1ccc(N)c2cccnc12. The first kappa shape index (κ1) is 12.6. The van der Waals surface area contributed by atoms with Crippen molar-refractivity contribution < 1.29 is 9.84 Å². The standard InChI is InChI=1S/C14H18N2O2/c1-14(2,17)7-9-18-12-6-5-11(15)10-4-3-8-16-13(10)12/h3-6,8,17H,7,9,15H2,1-2H3. The largest absolute Gasteiger partial charge is 0.491 e. The molecule has 0 spiro atoms. The molecular formula is C14H18N2O2. The topological polar surface area (TPSA) is 68.4 Å². The van der Waals surface area contributed by atoms with E-state index in [9.17, 15) is 5.11 Å². The molecule has 0 aliphatic carbocycles. The highest BCUT2D eigenvalue weighted by Gasteiger charge is 2.13. The molecule has 1 aromatic carbocycles. The molecule has 4 nitrogen and oxygen atoms in total. The maximum absolute atomic E-state index is 9.64. The van der Waals surface area contributed by atoms with Crippen molar-refractivity contribution in [3.63, 3.8) is 0 Å². The van der Waals surface area contributed by atoms with Crippen LogP contribution in [0.3, 0.4) is 0 Å². The maximum atomic E-state index is 9.64. The smallest absolute Gasteiger partial charge is 0.145 e. The summed E-state index contributed by atoms with van der Waals surface area (Å²) in [6.07, 6.45) is 2.27. The zero-order valence-corrected chi connectivity index (χ0v) is 10.7. The van der Waals surface area contributed by atoms with Gasteiger partial charge in [0.2, 0.25) is 0 Å². The van der Waals surface area contributed by atoms with E-state index < -0.39 is 5.60 Å². The molecule has 0 aliphatic rings. The third-order valence-electron chi connectivity index (χ3n) is 2.74. The number of nitrogens with two attached hydrogens (primary N) is 1. The number of hydrogen-bond donors (Lipinski definition) is 2. The highest BCUT2D eigenvalue weighted by Crippen LogP contribution is 2.28. The number of benzene rings is 1. The average Bonchev–Trinajstić information content (AvgIpc) is 2.31. The first-order chi connectivity index (χ1) is 8.47. The zero-order chi connectivity index (χ0) is 13.2. The van der Waals surface area contributed by atoms with Crippen LogP contribution in [-0.4, -0.2) is 22.3 Å². The average molecular weight is 246 g/mol. The fourth-order valence-electron chi connectivity index (χ4n) is 1.70. The summed E-state index contributed by atoms with van der Waals surface area (Å²) in [6, 6.07) is 7.39. The molecule has 1 heterocycles. The summed E-state index contributed by atoms with van der Waals surface area (Å²) < 4.78 is 5.67. The minimum atomic E-state index is -0.725. The molecule has 0 saturated carbocycles. The van der Waals surface area contributed by atoms with Crippen LogP contribution in [0.25, 0.3) is 10.9 Å². The van der Waals surface area contributed by atoms with Crippen LogP contribution in [0.5, 0.6) is 5.75 Å². The highest BCUT2D eigenvalue weighted by molar-refractivity contribution is 5.94. The molecule has 0 radical (unpaired) electrons. The molecule has 0 bridgehead atoms. The molecule has 0 amide bonds. The minimum absolute atomic E-state index is 0.444. The van der Waals surface area contributed by atoms with Gasteiger partial charge in [-0.1, -0.05) is 0 Å². The molecule has 4 heteroatoms. The normalized spacial score (nSPS) is 11.7. The highest BCUT2D eigenvalue weighted by atomic mass is 16.5. The fraction of sp³-hybridized carbons (Fsp3) is 0.357. The molecule has 18 heavy (non-hydrogen) atoms. The first-order valence-electron chi connectivity index (χ1n) is 5.96. The fourth-order valence-corrected chi connectivity index (χ4v) is 1.70. The van der Waals surface area contributed by atoms with Gasteiger partial charge in [-0.3, -0.25) is 4.98 Å². The number of pyridine rings is 1. The lowest BCUT2D eigenvalue weighted by atomic mass is 10.1. The number of aliphatic hydroxyl groups is 1. The second kappa shape index (κ2) is 4.82. The number of anilines is 1. The summed E-state index contributed by atoms with van der Waals surface area (Å²) in [5, 5.41) is 10.5. The van der Waals surface area contributed by atoms with Crippen molar-refractivity contribution in [1.29, 1.82) is 0 Å². The van der Waals surface area contributed by atoms with Crippen LogP contribution in [0.15, 0.2) is 30.5 Å². The Balaban J connectivity index is 2.21. The molecule has 2 aromatic rings. The second-order valence-corrected chi connectivity index (χ2v) is 4.96. The first-order valence-corrected chi connectivity index (χ1v) is 5.96.